The normalized spacial score (nSPS) is 24.0. The van der Waals surface area contributed by atoms with Gasteiger partial charge in [-0.05, 0) is 43.9 Å². The zero-order valence-corrected chi connectivity index (χ0v) is 14.8. The topological polar surface area (TPSA) is 66.5 Å². The number of pyridine rings is 1. The molecule has 3 rings (SSSR count). The number of carbonyl (C=O) groups excluding carboxylic acids is 1. The molecule has 6 nitrogen and oxygen atoms in total. The molecule has 2 N–H and O–H groups in total. The minimum atomic E-state index is -0.0931. The second-order valence-corrected chi connectivity index (χ2v) is 7.06. The van der Waals surface area contributed by atoms with Crippen LogP contribution in [0.5, 0.6) is 0 Å². The molecule has 132 valence electrons. The van der Waals surface area contributed by atoms with E-state index in [9.17, 15) is 4.79 Å². The van der Waals surface area contributed by atoms with Gasteiger partial charge >= 0.3 is 6.03 Å². The third-order valence-electron chi connectivity index (χ3n) is 5.46. The van der Waals surface area contributed by atoms with E-state index >= 15 is 0 Å². The number of nitrogens with one attached hydrogen (secondary N) is 2. The summed E-state index contributed by atoms with van der Waals surface area (Å²) in [5, 5.41) is 6.11. The predicted molar refractivity (Wildman–Crippen MR) is 94.0 cm³/mol. The largest absolute Gasteiger partial charge is 0.378 e. The van der Waals surface area contributed by atoms with E-state index in [2.05, 4.69) is 15.6 Å². The molecule has 1 heterocycles. The van der Waals surface area contributed by atoms with Crippen LogP contribution in [-0.4, -0.2) is 43.9 Å². The van der Waals surface area contributed by atoms with Crippen LogP contribution in [0.25, 0.3) is 0 Å². The molecule has 2 aliphatic rings. The fourth-order valence-electron chi connectivity index (χ4n) is 3.85. The molecule has 1 aromatic rings. The van der Waals surface area contributed by atoms with Crippen LogP contribution in [0, 0.1) is 5.41 Å². The van der Waals surface area contributed by atoms with Gasteiger partial charge in [0.1, 0.15) is 5.82 Å². The molecule has 0 radical (unpaired) electrons. The van der Waals surface area contributed by atoms with Gasteiger partial charge in [0.15, 0.2) is 0 Å². The highest BCUT2D eigenvalue weighted by molar-refractivity contribution is 5.74. The summed E-state index contributed by atoms with van der Waals surface area (Å²) in [5.41, 5.74) is 1.24. The molecule has 2 fully saturated rings. The number of nitrogens with zero attached hydrogens (tertiary/aromatic N) is 2. The van der Waals surface area contributed by atoms with Crippen LogP contribution in [0.2, 0.25) is 0 Å². The molecule has 24 heavy (non-hydrogen) atoms. The Balaban J connectivity index is 1.49. The number of amides is 2. The average Bonchev–Trinajstić information content (AvgIpc) is 2.50. The summed E-state index contributed by atoms with van der Waals surface area (Å²) in [4.78, 5) is 18.5. The third-order valence-corrected chi connectivity index (χ3v) is 5.46. The Morgan fingerprint density at radius 2 is 2.25 bits per heavy atom. The molecule has 2 amide bonds. The fraction of sp³-hybridized carbons (Fsp3) is 0.667. The molecule has 0 bridgehead atoms. The Morgan fingerprint density at radius 3 is 2.88 bits per heavy atom. The van der Waals surface area contributed by atoms with Crippen LogP contribution < -0.4 is 15.5 Å². The van der Waals surface area contributed by atoms with Crippen molar-refractivity contribution in [2.24, 2.45) is 5.41 Å². The predicted octanol–water partition coefficient (Wildman–Crippen LogP) is 2.29. The van der Waals surface area contributed by atoms with Gasteiger partial charge in [-0.15, -0.1) is 0 Å². The van der Waals surface area contributed by atoms with E-state index < -0.39 is 0 Å². The van der Waals surface area contributed by atoms with Gasteiger partial charge in [-0.3, -0.25) is 0 Å². The lowest BCUT2D eigenvalue weighted by Gasteiger charge is -2.60. The van der Waals surface area contributed by atoms with Crippen LogP contribution in [0.1, 0.15) is 38.2 Å². The number of hydrogen-bond acceptors (Lipinski definition) is 4. The van der Waals surface area contributed by atoms with Gasteiger partial charge in [0, 0.05) is 44.9 Å². The van der Waals surface area contributed by atoms with Crippen molar-refractivity contribution < 1.29 is 9.53 Å². The molecule has 6 heteroatoms. The monoisotopic (exact) mass is 332 g/mol. The van der Waals surface area contributed by atoms with E-state index in [1.165, 1.54) is 19.3 Å². The van der Waals surface area contributed by atoms with E-state index in [0.29, 0.717) is 12.6 Å². The lowest BCUT2D eigenvalue weighted by atomic mass is 9.51. The second-order valence-electron chi connectivity index (χ2n) is 7.06. The van der Waals surface area contributed by atoms with Crippen LogP contribution in [0.3, 0.4) is 0 Å². The van der Waals surface area contributed by atoms with Crippen LogP contribution in [0.15, 0.2) is 18.3 Å². The zero-order chi connectivity index (χ0) is 17.2. The molecule has 1 aromatic heterocycles. The van der Waals surface area contributed by atoms with E-state index in [0.717, 1.165) is 24.4 Å². The standard InChI is InChI=1S/C18H28N4O2/c1-4-24-15-11-14(18(15)7-5-8-18)21-17(23)20-12-13-6-9-19-16(10-13)22(2)3/h6,9-10,14-15H,4-5,7-8,11-12H2,1-3H3,(H2,20,21,23)/t14-,15+/m1/s1. The van der Waals surface area contributed by atoms with Crippen molar-refractivity contribution in [3.8, 4) is 0 Å². The Labute approximate surface area is 144 Å². The Kier molecular flexibility index (Phi) is 4.94. The van der Waals surface area contributed by atoms with Gasteiger partial charge in [-0.2, -0.15) is 0 Å². The first kappa shape index (κ1) is 17.0. The molecule has 2 saturated carbocycles. The molecule has 0 aliphatic heterocycles. The summed E-state index contributed by atoms with van der Waals surface area (Å²) in [6.07, 6.45) is 6.60. The number of carbonyl (C=O) groups is 1. The van der Waals surface area contributed by atoms with Crippen molar-refractivity contribution >= 4 is 11.8 Å². The van der Waals surface area contributed by atoms with Gasteiger partial charge in [0.05, 0.1) is 6.10 Å². The molecule has 0 saturated heterocycles. The van der Waals surface area contributed by atoms with Crippen molar-refractivity contribution in [1.82, 2.24) is 15.6 Å². The molecular formula is C18H28N4O2. The number of rotatable bonds is 6. The molecule has 0 aromatic carbocycles. The summed E-state index contributed by atoms with van der Waals surface area (Å²) < 4.78 is 5.83. The average molecular weight is 332 g/mol. The summed E-state index contributed by atoms with van der Waals surface area (Å²) in [6, 6.07) is 4.07. The highest BCUT2D eigenvalue weighted by Crippen LogP contribution is 2.57. The molecule has 2 atom stereocenters. The number of aromatic nitrogens is 1. The minimum absolute atomic E-state index is 0.0931. The molecule has 2 aliphatic carbocycles. The van der Waals surface area contributed by atoms with Crippen LogP contribution >= 0.6 is 0 Å². The van der Waals surface area contributed by atoms with Crippen LogP contribution in [-0.2, 0) is 11.3 Å². The molecular weight excluding hydrogens is 304 g/mol. The van der Waals surface area contributed by atoms with Crippen molar-refractivity contribution in [1.29, 1.82) is 0 Å². The summed E-state index contributed by atoms with van der Waals surface area (Å²) in [5.74, 6) is 0.890. The number of hydrogen-bond donors (Lipinski definition) is 2. The van der Waals surface area contributed by atoms with E-state index in [4.69, 9.17) is 4.74 Å². The van der Waals surface area contributed by atoms with Crippen LogP contribution in [0.4, 0.5) is 10.6 Å². The van der Waals surface area contributed by atoms with Crippen molar-refractivity contribution in [2.75, 3.05) is 25.6 Å². The van der Waals surface area contributed by atoms with E-state index in [-0.39, 0.29) is 17.5 Å². The molecule has 0 unspecified atom stereocenters. The number of anilines is 1. The summed E-state index contributed by atoms with van der Waals surface area (Å²) in [7, 11) is 3.91. The summed E-state index contributed by atoms with van der Waals surface area (Å²) >= 11 is 0. The van der Waals surface area contributed by atoms with Crippen molar-refractivity contribution in [3.63, 3.8) is 0 Å². The van der Waals surface area contributed by atoms with Gasteiger partial charge in [-0.1, -0.05) is 6.42 Å². The van der Waals surface area contributed by atoms with Gasteiger partial charge in [0.25, 0.3) is 0 Å². The maximum atomic E-state index is 12.2. The zero-order valence-electron chi connectivity index (χ0n) is 14.8. The van der Waals surface area contributed by atoms with E-state index in [1.807, 2.05) is 38.1 Å². The Hall–Kier alpha value is -1.82. The quantitative estimate of drug-likeness (QED) is 0.839. The minimum Gasteiger partial charge on any atom is -0.378 e. The maximum Gasteiger partial charge on any atom is 0.315 e. The highest BCUT2D eigenvalue weighted by Gasteiger charge is 2.59. The first-order valence-corrected chi connectivity index (χ1v) is 8.83. The second kappa shape index (κ2) is 6.97. The van der Waals surface area contributed by atoms with Crippen molar-refractivity contribution in [2.45, 2.75) is 51.3 Å². The Bertz CT molecular complexity index is 586. The van der Waals surface area contributed by atoms with Crippen molar-refractivity contribution in [3.05, 3.63) is 23.9 Å². The van der Waals surface area contributed by atoms with Gasteiger partial charge in [0.2, 0.25) is 0 Å². The SMILES string of the molecule is CCO[C@H]1C[C@@H](NC(=O)NCc2ccnc(N(C)C)c2)C12CCC2. The highest BCUT2D eigenvalue weighted by atomic mass is 16.5. The van der Waals surface area contributed by atoms with Gasteiger partial charge < -0.3 is 20.3 Å². The summed E-state index contributed by atoms with van der Waals surface area (Å²) in [6.45, 7) is 3.29. The number of ether oxygens (including phenoxy) is 1. The lowest BCUT2D eigenvalue weighted by molar-refractivity contribution is -0.169. The first-order chi connectivity index (χ1) is 11.5. The third kappa shape index (κ3) is 3.20. The molecule has 1 spiro atoms. The van der Waals surface area contributed by atoms with Gasteiger partial charge in [-0.25, -0.2) is 9.78 Å². The lowest BCUT2D eigenvalue weighted by Crippen LogP contribution is -2.68. The smallest absolute Gasteiger partial charge is 0.315 e. The fourth-order valence-corrected chi connectivity index (χ4v) is 3.85. The van der Waals surface area contributed by atoms with E-state index in [1.54, 1.807) is 6.20 Å². The maximum absolute atomic E-state index is 12.2. The number of urea groups is 1. The Morgan fingerprint density at radius 1 is 1.46 bits per heavy atom. The first-order valence-electron chi connectivity index (χ1n) is 8.83.